The molecule has 0 aliphatic heterocycles. The van der Waals surface area contributed by atoms with Crippen molar-refractivity contribution in [2.45, 2.75) is 58.9 Å². The highest BCUT2D eigenvalue weighted by atomic mass is 32.1. The maximum absolute atomic E-state index is 13.4. The van der Waals surface area contributed by atoms with Crippen molar-refractivity contribution in [2.75, 3.05) is 12.0 Å². The molecule has 1 heterocycles. The predicted octanol–water partition coefficient (Wildman–Crippen LogP) is 5.25. The number of hydrogen-bond donors (Lipinski definition) is 0. The third-order valence-corrected chi connectivity index (χ3v) is 6.27. The summed E-state index contributed by atoms with van der Waals surface area (Å²) in [5, 5.41) is 1.07. The molecule has 1 unspecified atom stereocenters. The Labute approximate surface area is 160 Å². The van der Waals surface area contributed by atoms with Crippen LogP contribution in [0, 0.1) is 12.8 Å². The predicted molar refractivity (Wildman–Crippen MR) is 107 cm³/mol. The summed E-state index contributed by atoms with van der Waals surface area (Å²) >= 11 is 1.56. The molecule has 26 heavy (non-hydrogen) atoms. The quantitative estimate of drug-likeness (QED) is 0.636. The van der Waals surface area contributed by atoms with Gasteiger partial charge in [-0.2, -0.15) is 0 Å². The summed E-state index contributed by atoms with van der Waals surface area (Å²) in [4.78, 5) is 20.8. The standard InChI is InChI=1S/C21H28N2O2S/c1-5-6-7-19-22-14(2)20(26-19)21(24)23(15(3)16-8-9-16)17-10-12-18(25-4)13-11-17/h10-13,15-16H,5-9H2,1-4H3. The average Bonchev–Trinajstić information content (AvgIpc) is 3.43. The molecule has 0 radical (unpaired) electrons. The maximum atomic E-state index is 13.4. The first-order chi connectivity index (χ1) is 12.5. The summed E-state index contributed by atoms with van der Waals surface area (Å²) in [6.07, 6.45) is 5.60. The number of amides is 1. The number of anilines is 1. The number of thiazole rings is 1. The molecular formula is C21H28N2O2S. The molecule has 0 saturated heterocycles. The molecule has 0 N–H and O–H groups in total. The first-order valence-corrected chi connectivity index (χ1v) is 10.3. The van der Waals surface area contributed by atoms with Crippen molar-refractivity contribution in [2.24, 2.45) is 5.92 Å². The molecule has 1 aliphatic rings. The summed E-state index contributed by atoms with van der Waals surface area (Å²) in [5.41, 5.74) is 1.78. The normalized spacial score (nSPS) is 14.9. The summed E-state index contributed by atoms with van der Waals surface area (Å²) < 4.78 is 5.26. The monoisotopic (exact) mass is 372 g/mol. The van der Waals surface area contributed by atoms with E-state index in [1.807, 2.05) is 36.1 Å². The Balaban J connectivity index is 1.90. The van der Waals surface area contributed by atoms with Gasteiger partial charge in [-0.3, -0.25) is 4.79 Å². The Kier molecular flexibility index (Phi) is 5.97. The second-order valence-electron chi connectivity index (χ2n) is 7.08. The van der Waals surface area contributed by atoms with Gasteiger partial charge in [0.25, 0.3) is 5.91 Å². The van der Waals surface area contributed by atoms with Crippen LogP contribution < -0.4 is 9.64 Å². The number of benzene rings is 1. The van der Waals surface area contributed by atoms with Crippen LogP contribution in [-0.4, -0.2) is 24.0 Å². The number of rotatable bonds is 8. The number of aromatic nitrogens is 1. The van der Waals surface area contributed by atoms with Crippen LogP contribution in [0.5, 0.6) is 5.75 Å². The van der Waals surface area contributed by atoms with Gasteiger partial charge >= 0.3 is 0 Å². The fourth-order valence-electron chi connectivity index (χ4n) is 3.26. The van der Waals surface area contributed by atoms with Gasteiger partial charge in [0.05, 0.1) is 17.8 Å². The van der Waals surface area contributed by atoms with Crippen LogP contribution in [-0.2, 0) is 6.42 Å². The molecule has 1 aromatic carbocycles. The number of hydrogen-bond acceptors (Lipinski definition) is 4. The van der Waals surface area contributed by atoms with Crippen molar-refractivity contribution in [3.8, 4) is 5.75 Å². The zero-order valence-corrected chi connectivity index (χ0v) is 16.9. The minimum absolute atomic E-state index is 0.0762. The van der Waals surface area contributed by atoms with Gasteiger partial charge in [-0.25, -0.2) is 4.98 Å². The highest BCUT2D eigenvalue weighted by Crippen LogP contribution is 2.38. The van der Waals surface area contributed by atoms with Crippen LogP contribution in [0.15, 0.2) is 24.3 Å². The lowest BCUT2D eigenvalue weighted by Gasteiger charge is -2.29. The van der Waals surface area contributed by atoms with E-state index in [1.54, 1.807) is 18.4 Å². The van der Waals surface area contributed by atoms with Crippen LogP contribution in [0.1, 0.15) is 59.9 Å². The Bertz CT molecular complexity index is 750. The molecule has 5 heteroatoms. The lowest BCUT2D eigenvalue weighted by Crippen LogP contribution is -2.40. The van der Waals surface area contributed by atoms with E-state index in [2.05, 4.69) is 18.8 Å². The molecule has 0 spiro atoms. The molecule has 0 bridgehead atoms. The summed E-state index contributed by atoms with van der Waals surface area (Å²) in [5.74, 6) is 1.47. The number of aryl methyl sites for hydroxylation is 2. The third kappa shape index (κ3) is 4.09. The molecule has 3 rings (SSSR count). The molecule has 1 amide bonds. The second kappa shape index (κ2) is 8.21. The SMILES string of the molecule is CCCCc1nc(C)c(C(=O)N(c2ccc(OC)cc2)C(C)C2CC2)s1. The lowest BCUT2D eigenvalue weighted by atomic mass is 10.1. The van der Waals surface area contributed by atoms with Gasteiger partial charge < -0.3 is 9.64 Å². The molecule has 1 atom stereocenters. The number of methoxy groups -OCH3 is 1. The third-order valence-electron chi connectivity index (χ3n) is 5.06. The van der Waals surface area contributed by atoms with Crippen LogP contribution in [0.4, 0.5) is 5.69 Å². The zero-order valence-electron chi connectivity index (χ0n) is 16.1. The Morgan fingerprint density at radius 3 is 2.62 bits per heavy atom. The van der Waals surface area contributed by atoms with Gasteiger partial charge in [-0.15, -0.1) is 11.3 Å². The van der Waals surface area contributed by atoms with Gasteiger partial charge in [0.1, 0.15) is 10.6 Å². The van der Waals surface area contributed by atoms with Gasteiger partial charge in [0.15, 0.2) is 0 Å². The highest BCUT2D eigenvalue weighted by molar-refractivity contribution is 7.14. The topological polar surface area (TPSA) is 42.4 Å². The molecule has 1 aliphatic carbocycles. The van der Waals surface area contributed by atoms with E-state index in [1.165, 1.54) is 12.8 Å². The Hall–Kier alpha value is -1.88. The van der Waals surface area contributed by atoms with E-state index < -0.39 is 0 Å². The van der Waals surface area contributed by atoms with E-state index in [-0.39, 0.29) is 11.9 Å². The summed E-state index contributed by atoms with van der Waals surface area (Å²) in [6.45, 7) is 6.29. The van der Waals surface area contributed by atoms with E-state index >= 15 is 0 Å². The van der Waals surface area contributed by atoms with E-state index in [4.69, 9.17) is 4.74 Å². The van der Waals surface area contributed by atoms with Gasteiger partial charge in [0, 0.05) is 11.7 Å². The first kappa shape index (κ1) is 18.9. The first-order valence-electron chi connectivity index (χ1n) is 9.49. The Morgan fingerprint density at radius 1 is 1.35 bits per heavy atom. The van der Waals surface area contributed by atoms with Gasteiger partial charge in [0.2, 0.25) is 0 Å². The fourth-order valence-corrected chi connectivity index (χ4v) is 4.31. The van der Waals surface area contributed by atoms with Crippen molar-refractivity contribution in [1.29, 1.82) is 0 Å². The van der Waals surface area contributed by atoms with Gasteiger partial charge in [-0.1, -0.05) is 13.3 Å². The molecule has 140 valence electrons. The zero-order chi connectivity index (χ0) is 18.7. The van der Waals surface area contributed by atoms with Crippen molar-refractivity contribution in [1.82, 2.24) is 4.98 Å². The number of ether oxygens (including phenoxy) is 1. The maximum Gasteiger partial charge on any atom is 0.270 e. The highest BCUT2D eigenvalue weighted by Gasteiger charge is 2.36. The molecular weight excluding hydrogens is 344 g/mol. The second-order valence-corrected chi connectivity index (χ2v) is 8.16. The lowest BCUT2D eigenvalue weighted by molar-refractivity contribution is 0.0979. The minimum atomic E-state index is 0.0762. The largest absolute Gasteiger partial charge is 0.497 e. The van der Waals surface area contributed by atoms with Crippen molar-refractivity contribution in [3.05, 3.63) is 39.8 Å². The van der Waals surface area contributed by atoms with Crippen LogP contribution in [0.25, 0.3) is 0 Å². The molecule has 1 saturated carbocycles. The number of carbonyl (C=O) groups is 1. The minimum Gasteiger partial charge on any atom is -0.497 e. The molecule has 1 aromatic heterocycles. The van der Waals surface area contributed by atoms with Crippen LogP contribution in [0.2, 0.25) is 0 Å². The fraction of sp³-hybridized carbons (Fsp3) is 0.524. The molecule has 2 aromatic rings. The van der Waals surface area contributed by atoms with Crippen molar-refractivity contribution >= 4 is 22.9 Å². The van der Waals surface area contributed by atoms with E-state index in [0.29, 0.717) is 5.92 Å². The molecule has 1 fully saturated rings. The smallest absolute Gasteiger partial charge is 0.270 e. The average molecular weight is 373 g/mol. The summed E-state index contributed by atoms with van der Waals surface area (Å²) in [6, 6.07) is 7.98. The van der Waals surface area contributed by atoms with Gasteiger partial charge in [-0.05, 0) is 69.7 Å². The van der Waals surface area contributed by atoms with E-state index in [0.717, 1.165) is 46.3 Å². The van der Waals surface area contributed by atoms with E-state index in [9.17, 15) is 4.79 Å². The number of nitrogens with zero attached hydrogens (tertiary/aromatic N) is 2. The van der Waals surface area contributed by atoms with Crippen molar-refractivity contribution < 1.29 is 9.53 Å². The number of unbranched alkanes of at least 4 members (excludes halogenated alkanes) is 1. The number of carbonyl (C=O) groups excluding carboxylic acids is 1. The summed E-state index contributed by atoms with van der Waals surface area (Å²) in [7, 11) is 1.66. The van der Waals surface area contributed by atoms with Crippen molar-refractivity contribution in [3.63, 3.8) is 0 Å². The van der Waals surface area contributed by atoms with Crippen LogP contribution >= 0.6 is 11.3 Å². The van der Waals surface area contributed by atoms with Crippen LogP contribution in [0.3, 0.4) is 0 Å². The molecule has 4 nitrogen and oxygen atoms in total. The Morgan fingerprint density at radius 2 is 2.04 bits per heavy atom.